The summed E-state index contributed by atoms with van der Waals surface area (Å²) in [6, 6.07) is 54.4. The van der Waals surface area contributed by atoms with E-state index in [0.29, 0.717) is 0 Å². The van der Waals surface area contributed by atoms with Crippen LogP contribution in [0.5, 0.6) is 0 Å². The average molecular weight is 843 g/mol. The molecule has 249 valence electrons. The van der Waals surface area contributed by atoms with Crippen LogP contribution in [0.1, 0.15) is 24.0 Å². The van der Waals surface area contributed by atoms with E-state index in [2.05, 4.69) is 141 Å². The molecule has 0 aliphatic rings. The van der Waals surface area contributed by atoms with Gasteiger partial charge in [-0.2, -0.15) is 0 Å². The van der Waals surface area contributed by atoms with Crippen molar-refractivity contribution in [3.63, 3.8) is 0 Å². The van der Waals surface area contributed by atoms with Gasteiger partial charge in [0.15, 0.2) is 0 Å². The minimum Gasteiger partial charge on any atom is -0.501 e. The van der Waals surface area contributed by atoms with Crippen LogP contribution in [0, 0.1) is 12.1 Å². The zero-order valence-electron chi connectivity index (χ0n) is 28.6. The Morgan fingerprint density at radius 1 is 0.660 bits per heavy atom. The quantitative estimate of drug-likeness (QED) is 0.124. The third-order valence-electron chi connectivity index (χ3n) is 9.00. The predicted octanol–water partition coefficient (Wildman–Crippen LogP) is 11.4. The fourth-order valence-electron chi connectivity index (χ4n) is 6.18. The van der Waals surface area contributed by atoms with Crippen molar-refractivity contribution in [2.24, 2.45) is 0 Å². The Morgan fingerprint density at radius 3 is 2.12 bits per heavy atom. The molecule has 0 bridgehead atoms. The molecule has 3 nitrogen and oxygen atoms in total. The number of hydrogen-bond donors (Lipinski definition) is 0. The van der Waals surface area contributed by atoms with Crippen molar-refractivity contribution in [3.8, 4) is 33.6 Å². The number of hydrogen-bond acceptors (Lipinski definition) is 3. The third kappa shape index (κ3) is 7.46. The summed E-state index contributed by atoms with van der Waals surface area (Å²) < 4.78 is 6.41. The molecule has 50 heavy (non-hydrogen) atoms. The summed E-state index contributed by atoms with van der Waals surface area (Å²) in [6.07, 6.45) is 3.90. The van der Waals surface area contributed by atoms with Gasteiger partial charge in [0.05, 0.1) is 13.7 Å². The summed E-state index contributed by atoms with van der Waals surface area (Å²) in [5, 5.41) is 3.61. The van der Waals surface area contributed by atoms with Crippen LogP contribution in [-0.4, -0.2) is 18.0 Å². The Morgan fingerprint density at radius 2 is 1.42 bits per heavy atom. The fraction of sp³-hybridized carbons (Fsp3) is 0.111. The van der Waals surface area contributed by atoms with Gasteiger partial charge in [0, 0.05) is 43.8 Å². The molecule has 3 heterocycles. The molecular weight excluding hydrogens is 805 g/mol. The van der Waals surface area contributed by atoms with Crippen LogP contribution >= 0.6 is 0 Å². The van der Waals surface area contributed by atoms with Crippen LogP contribution in [0.2, 0.25) is 19.6 Å². The topological polar surface area (TPSA) is 38.9 Å². The van der Waals surface area contributed by atoms with Gasteiger partial charge in [0.1, 0.15) is 5.58 Å². The maximum absolute atomic E-state index is 6.41. The van der Waals surface area contributed by atoms with Gasteiger partial charge in [0.2, 0.25) is 0 Å². The average Bonchev–Trinajstić information content (AvgIpc) is 3.55. The SMILES string of the molecule is CC(c1ccccc1)c1ccnc(-c2[c-]ccc3c2oc2cccc(-c4ccccc4)c23)c1.C[Si](C)(C)c1ccc(-c2[c-]cccc2)nc1.[Ir]. The minimum atomic E-state index is -1.23. The number of furan rings is 1. The molecule has 5 heteroatoms. The van der Waals surface area contributed by atoms with Gasteiger partial charge < -0.3 is 14.4 Å². The van der Waals surface area contributed by atoms with Gasteiger partial charge in [-0.1, -0.05) is 129 Å². The summed E-state index contributed by atoms with van der Waals surface area (Å²) in [7, 11) is -1.23. The summed E-state index contributed by atoms with van der Waals surface area (Å²) >= 11 is 0. The van der Waals surface area contributed by atoms with E-state index >= 15 is 0 Å². The molecule has 3 aromatic heterocycles. The minimum absolute atomic E-state index is 0. The van der Waals surface area contributed by atoms with Gasteiger partial charge in [-0.15, -0.1) is 54.1 Å². The van der Waals surface area contributed by atoms with E-state index in [1.165, 1.54) is 27.4 Å². The van der Waals surface area contributed by atoms with Gasteiger partial charge in [-0.3, -0.25) is 0 Å². The molecule has 1 unspecified atom stereocenters. The molecule has 8 aromatic rings. The van der Waals surface area contributed by atoms with Gasteiger partial charge in [-0.05, 0) is 51.0 Å². The number of nitrogens with zero attached hydrogens (tertiary/aromatic N) is 2. The second-order valence-electron chi connectivity index (χ2n) is 13.3. The Bertz CT molecular complexity index is 2310. The van der Waals surface area contributed by atoms with Crippen molar-refractivity contribution in [3.05, 3.63) is 175 Å². The summed E-state index contributed by atoms with van der Waals surface area (Å²) in [4.78, 5) is 9.21. The van der Waals surface area contributed by atoms with Crippen molar-refractivity contribution < 1.29 is 24.5 Å². The first-order valence-electron chi connectivity index (χ1n) is 16.7. The van der Waals surface area contributed by atoms with E-state index in [4.69, 9.17) is 9.40 Å². The Kier molecular flexibility index (Phi) is 10.7. The largest absolute Gasteiger partial charge is 0.501 e. The standard InChI is InChI=1S/C31H22NO.C14H16NSi.Ir/c1-21(22-10-4-2-5-11-22)24-18-19-32-28(20-24)26-15-8-16-27-30-25(23-12-6-3-7-13-23)14-9-17-29(30)33-31(26)27;1-16(2,3)13-9-10-14(15-11-13)12-7-5-4-6-8-12;/h2-14,16-21H,1H3;4-7,9-11H,1-3H3;/q2*-1;. The van der Waals surface area contributed by atoms with Crippen LogP contribution in [-0.2, 0) is 20.1 Å². The molecule has 5 aromatic carbocycles. The molecule has 1 radical (unpaired) electrons. The zero-order valence-corrected chi connectivity index (χ0v) is 32.0. The van der Waals surface area contributed by atoms with Gasteiger partial charge >= 0.3 is 0 Å². The number of benzene rings is 5. The monoisotopic (exact) mass is 843 g/mol. The first-order chi connectivity index (χ1) is 23.9. The molecule has 0 amide bonds. The smallest absolute Gasteiger partial charge is 0.121 e. The number of rotatable bonds is 6. The molecule has 0 N–H and O–H groups in total. The molecule has 0 saturated heterocycles. The predicted molar refractivity (Wildman–Crippen MR) is 207 cm³/mol. The van der Waals surface area contributed by atoms with Crippen LogP contribution in [0.15, 0.2) is 156 Å². The van der Waals surface area contributed by atoms with E-state index in [9.17, 15) is 0 Å². The van der Waals surface area contributed by atoms with Crippen molar-refractivity contribution in [1.29, 1.82) is 0 Å². The molecule has 0 aliphatic carbocycles. The van der Waals surface area contributed by atoms with Crippen LogP contribution in [0.25, 0.3) is 55.6 Å². The molecule has 1 atom stereocenters. The zero-order chi connectivity index (χ0) is 33.8. The fourth-order valence-corrected chi connectivity index (χ4v) is 7.21. The first kappa shape index (κ1) is 34.9. The van der Waals surface area contributed by atoms with E-state index in [-0.39, 0.29) is 26.0 Å². The third-order valence-corrected chi connectivity index (χ3v) is 11.0. The summed E-state index contributed by atoms with van der Waals surface area (Å²) in [6.45, 7) is 9.22. The van der Waals surface area contributed by atoms with Crippen LogP contribution < -0.4 is 5.19 Å². The van der Waals surface area contributed by atoms with Gasteiger partial charge in [-0.25, -0.2) is 0 Å². The van der Waals surface area contributed by atoms with Gasteiger partial charge in [0.25, 0.3) is 0 Å². The molecule has 0 spiro atoms. The second-order valence-corrected chi connectivity index (χ2v) is 18.4. The van der Waals surface area contributed by atoms with Crippen LogP contribution in [0.4, 0.5) is 0 Å². The van der Waals surface area contributed by atoms with E-state index < -0.39 is 8.07 Å². The maximum atomic E-state index is 6.41. The van der Waals surface area contributed by atoms with Crippen molar-refractivity contribution in [2.45, 2.75) is 32.5 Å². The Labute approximate surface area is 309 Å². The maximum Gasteiger partial charge on any atom is 0.121 e. The summed E-state index contributed by atoms with van der Waals surface area (Å²) in [5.41, 5.74) is 10.4. The number of pyridine rings is 2. The van der Waals surface area contributed by atoms with Crippen molar-refractivity contribution in [1.82, 2.24) is 9.97 Å². The van der Waals surface area contributed by atoms with Crippen molar-refractivity contribution >= 4 is 35.2 Å². The van der Waals surface area contributed by atoms with E-state index in [0.717, 1.165) is 44.5 Å². The summed E-state index contributed by atoms with van der Waals surface area (Å²) in [5.74, 6) is 0.271. The second kappa shape index (κ2) is 15.3. The molecule has 0 saturated carbocycles. The van der Waals surface area contributed by atoms with Crippen molar-refractivity contribution in [2.75, 3.05) is 0 Å². The first-order valence-corrected chi connectivity index (χ1v) is 20.2. The normalized spacial score (nSPS) is 11.8. The molecule has 8 rings (SSSR count). The Hall–Kier alpha value is -4.93. The van der Waals surface area contributed by atoms with Crippen LogP contribution in [0.3, 0.4) is 0 Å². The number of fused-ring (bicyclic) bond motifs is 3. The molecular formula is C45H38IrN2OSi-2. The van der Waals surface area contributed by atoms with E-state index in [1.807, 2.05) is 54.9 Å². The molecule has 0 fully saturated rings. The number of aromatic nitrogens is 2. The Balaban J connectivity index is 0.000000215. The van der Waals surface area contributed by atoms with E-state index in [1.54, 1.807) is 0 Å². The molecule has 0 aliphatic heterocycles.